The number of ether oxygens (including phenoxy) is 2. The highest BCUT2D eigenvalue weighted by Gasteiger charge is 2.33. The van der Waals surface area contributed by atoms with Gasteiger partial charge in [-0.25, -0.2) is 0 Å². The van der Waals surface area contributed by atoms with Crippen LogP contribution in [0.1, 0.15) is 66.2 Å². The van der Waals surface area contributed by atoms with Crippen molar-refractivity contribution in [2.24, 2.45) is 17.8 Å². The van der Waals surface area contributed by atoms with Gasteiger partial charge in [0.05, 0.1) is 24.5 Å². The molecule has 1 saturated carbocycles. The Morgan fingerprint density at radius 1 is 1.05 bits per heavy atom. The predicted molar refractivity (Wildman–Crippen MR) is 81.7 cm³/mol. The minimum Gasteiger partial charge on any atom is -0.465 e. The number of rotatable bonds is 7. The van der Waals surface area contributed by atoms with Gasteiger partial charge in [-0.15, -0.1) is 0 Å². The molecular formula is C17H30O4. The highest BCUT2D eigenvalue weighted by molar-refractivity contribution is 5.76. The second-order valence-corrected chi connectivity index (χ2v) is 6.75. The molecular weight excluding hydrogens is 268 g/mol. The van der Waals surface area contributed by atoms with Crippen LogP contribution in [0.4, 0.5) is 0 Å². The third-order valence-electron chi connectivity index (χ3n) is 3.86. The van der Waals surface area contributed by atoms with E-state index in [0.717, 1.165) is 32.1 Å². The number of esters is 2. The van der Waals surface area contributed by atoms with E-state index in [1.54, 1.807) is 0 Å². The first-order chi connectivity index (χ1) is 9.90. The molecule has 1 fully saturated rings. The summed E-state index contributed by atoms with van der Waals surface area (Å²) in [4.78, 5) is 24.0. The van der Waals surface area contributed by atoms with Crippen molar-refractivity contribution in [3.63, 3.8) is 0 Å². The molecule has 0 aromatic rings. The van der Waals surface area contributed by atoms with Gasteiger partial charge in [-0.05, 0) is 51.9 Å². The maximum absolute atomic E-state index is 12.1. The average molecular weight is 298 g/mol. The van der Waals surface area contributed by atoms with Crippen LogP contribution in [0.5, 0.6) is 0 Å². The fraction of sp³-hybridized carbons (Fsp3) is 0.882. The Bertz CT molecular complexity index is 336. The molecule has 0 amide bonds. The molecule has 2 unspecified atom stereocenters. The van der Waals surface area contributed by atoms with E-state index in [0.29, 0.717) is 18.9 Å². The molecule has 0 bridgehead atoms. The first-order valence-electron chi connectivity index (χ1n) is 8.27. The molecule has 0 spiro atoms. The van der Waals surface area contributed by atoms with E-state index in [4.69, 9.17) is 9.47 Å². The molecule has 0 saturated heterocycles. The summed E-state index contributed by atoms with van der Waals surface area (Å²) in [5.74, 6) is 0.0496. The standard InChI is InChI=1S/C17H30O4/c1-12(2)7-6-10-20-16(18)14-8-5-9-15(11-14)17(19)21-13(3)4/h12-15H,5-11H2,1-4H3. The Morgan fingerprint density at radius 2 is 1.67 bits per heavy atom. The van der Waals surface area contributed by atoms with Crippen molar-refractivity contribution in [2.75, 3.05) is 6.61 Å². The van der Waals surface area contributed by atoms with Crippen molar-refractivity contribution in [3.8, 4) is 0 Å². The van der Waals surface area contributed by atoms with Gasteiger partial charge >= 0.3 is 11.9 Å². The lowest BCUT2D eigenvalue weighted by molar-refractivity contribution is -0.157. The summed E-state index contributed by atoms with van der Waals surface area (Å²) in [5.41, 5.74) is 0. The zero-order chi connectivity index (χ0) is 15.8. The second-order valence-electron chi connectivity index (χ2n) is 6.75. The van der Waals surface area contributed by atoms with E-state index in [2.05, 4.69) is 13.8 Å². The molecule has 0 aliphatic heterocycles. The number of carbonyl (C=O) groups excluding carboxylic acids is 2. The van der Waals surface area contributed by atoms with E-state index in [-0.39, 0.29) is 29.9 Å². The minimum absolute atomic E-state index is 0.0964. The van der Waals surface area contributed by atoms with Crippen LogP contribution in [-0.2, 0) is 19.1 Å². The van der Waals surface area contributed by atoms with Crippen LogP contribution in [0.15, 0.2) is 0 Å². The van der Waals surface area contributed by atoms with Crippen LogP contribution in [0.25, 0.3) is 0 Å². The van der Waals surface area contributed by atoms with Gasteiger partial charge in [0.1, 0.15) is 0 Å². The van der Waals surface area contributed by atoms with Crippen molar-refractivity contribution in [3.05, 3.63) is 0 Å². The van der Waals surface area contributed by atoms with Crippen LogP contribution in [0, 0.1) is 17.8 Å². The van der Waals surface area contributed by atoms with Crippen LogP contribution >= 0.6 is 0 Å². The summed E-state index contributed by atoms with van der Waals surface area (Å²) in [5, 5.41) is 0. The van der Waals surface area contributed by atoms with E-state index in [1.807, 2.05) is 13.8 Å². The smallest absolute Gasteiger partial charge is 0.309 e. The molecule has 0 aromatic heterocycles. The first kappa shape index (κ1) is 18.0. The largest absolute Gasteiger partial charge is 0.465 e. The zero-order valence-electron chi connectivity index (χ0n) is 13.9. The van der Waals surface area contributed by atoms with Gasteiger partial charge in [0.25, 0.3) is 0 Å². The highest BCUT2D eigenvalue weighted by Crippen LogP contribution is 2.31. The average Bonchev–Trinajstić information content (AvgIpc) is 2.42. The fourth-order valence-electron chi connectivity index (χ4n) is 2.73. The van der Waals surface area contributed by atoms with Crippen LogP contribution in [0.2, 0.25) is 0 Å². The minimum atomic E-state index is -0.165. The summed E-state index contributed by atoms with van der Waals surface area (Å²) in [6.45, 7) is 8.51. The molecule has 1 rings (SSSR count). The molecule has 0 heterocycles. The maximum Gasteiger partial charge on any atom is 0.309 e. The van der Waals surface area contributed by atoms with Crippen molar-refractivity contribution in [1.29, 1.82) is 0 Å². The Morgan fingerprint density at radius 3 is 2.24 bits per heavy atom. The van der Waals surface area contributed by atoms with Gasteiger partial charge in [-0.2, -0.15) is 0 Å². The molecule has 1 aliphatic rings. The van der Waals surface area contributed by atoms with Gasteiger partial charge in [0.2, 0.25) is 0 Å². The van der Waals surface area contributed by atoms with Crippen molar-refractivity contribution >= 4 is 11.9 Å². The molecule has 1 aliphatic carbocycles. The SMILES string of the molecule is CC(C)CCCOC(=O)C1CCCC(C(=O)OC(C)C)C1. The van der Waals surface area contributed by atoms with Crippen LogP contribution in [0.3, 0.4) is 0 Å². The molecule has 2 atom stereocenters. The van der Waals surface area contributed by atoms with Gasteiger partial charge < -0.3 is 9.47 Å². The second kappa shape index (κ2) is 9.06. The maximum atomic E-state index is 12.1. The molecule has 21 heavy (non-hydrogen) atoms. The van der Waals surface area contributed by atoms with E-state index in [1.165, 1.54) is 0 Å². The molecule has 122 valence electrons. The van der Waals surface area contributed by atoms with Crippen LogP contribution in [-0.4, -0.2) is 24.6 Å². The predicted octanol–water partition coefficient (Wildman–Crippen LogP) is 3.72. The van der Waals surface area contributed by atoms with E-state index < -0.39 is 0 Å². The highest BCUT2D eigenvalue weighted by atomic mass is 16.5. The monoisotopic (exact) mass is 298 g/mol. The fourth-order valence-corrected chi connectivity index (χ4v) is 2.73. The summed E-state index contributed by atoms with van der Waals surface area (Å²) in [6, 6.07) is 0. The lowest BCUT2D eigenvalue weighted by Crippen LogP contribution is -2.30. The van der Waals surface area contributed by atoms with Gasteiger partial charge in [-0.3, -0.25) is 9.59 Å². The Hall–Kier alpha value is -1.06. The summed E-state index contributed by atoms with van der Waals surface area (Å²) in [6.07, 6.45) is 5.01. The number of carbonyl (C=O) groups is 2. The third-order valence-corrected chi connectivity index (χ3v) is 3.86. The molecule has 0 aromatic carbocycles. The first-order valence-corrected chi connectivity index (χ1v) is 8.27. The van der Waals surface area contributed by atoms with Gasteiger partial charge in [-0.1, -0.05) is 20.3 Å². The van der Waals surface area contributed by atoms with Crippen molar-refractivity contribution in [1.82, 2.24) is 0 Å². The zero-order valence-corrected chi connectivity index (χ0v) is 13.9. The van der Waals surface area contributed by atoms with Crippen LogP contribution < -0.4 is 0 Å². The summed E-state index contributed by atoms with van der Waals surface area (Å²) in [7, 11) is 0. The number of hydrogen-bond donors (Lipinski definition) is 0. The molecule has 0 radical (unpaired) electrons. The molecule has 4 heteroatoms. The van der Waals surface area contributed by atoms with E-state index in [9.17, 15) is 9.59 Å². The lowest BCUT2D eigenvalue weighted by Gasteiger charge is -2.27. The third kappa shape index (κ3) is 6.96. The normalized spacial score (nSPS) is 22.4. The molecule has 4 nitrogen and oxygen atoms in total. The molecule has 0 N–H and O–H groups in total. The van der Waals surface area contributed by atoms with Gasteiger partial charge in [0.15, 0.2) is 0 Å². The Kier molecular flexibility index (Phi) is 7.76. The summed E-state index contributed by atoms with van der Waals surface area (Å²) >= 11 is 0. The van der Waals surface area contributed by atoms with Crippen molar-refractivity contribution < 1.29 is 19.1 Å². The number of hydrogen-bond acceptors (Lipinski definition) is 4. The Labute approximate surface area is 128 Å². The lowest BCUT2D eigenvalue weighted by atomic mass is 9.81. The topological polar surface area (TPSA) is 52.6 Å². The summed E-state index contributed by atoms with van der Waals surface area (Å²) < 4.78 is 10.6. The quantitative estimate of drug-likeness (QED) is 0.531. The Balaban J connectivity index is 2.34. The van der Waals surface area contributed by atoms with Crippen molar-refractivity contribution in [2.45, 2.75) is 72.3 Å². The van der Waals surface area contributed by atoms with Gasteiger partial charge in [0, 0.05) is 0 Å². The van der Waals surface area contributed by atoms with E-state index >= 15 is 0 Å².